The van der Waals surface area contributed by atoms with Gasteiger partial charge < -0.3 is 14.6 Å². The van der Waals surface area contributed by atoms with Gasteiger partial charge in [-0.25, -0.2) is 9.18 Å². The molecule has 8 nitrogen and oxygen atoms in total. The molecular weight excluding hydrogens is 447 g/mol. The largest absolute Gasteiger partial charge is 0.415 e. The molecule has 1 aliphatic rings. The fourth-order valence-corrected chi connectivity index (χ4v) is 4.16. The molecule has 2 aromatic carbocycles. The molecule has 168 valence electrons. The summed E-state index contributed by atoms with van der Waals surface area (Å²) in [5.41, 5.74) is 4.56. The Balaban J connectivity index is 1.40. The Morgan fingerprint density at radius 2 is 1.91 bits per heavy atom. The van der Waals surface area contributed by atoms with Crippen LogP contribution < -0.4 is 5.32 Å². The number of nitrogens with zero attached hydrogens (tertiary/aromatic N) is 5. The third-order valence-electron chi connectivity index (χ3n) is 5.61. The molecule has 3 heterocycles. The summed E-state index contributed by atoms with van der Waals surface area (Å²) in [5.74, 6) is 0.168. The first-order valence-corrected chi connectivity index (χ1v) is 10.7. The second kappa shape index (κ2) is 8.32. The van der Waals surface area contributed by atoms with E-state index in [1.54, 1.807) is 33.8 Å². The van der Waals surface area contributed by atoms with Crippen molar-refractivity contribution in [2.24, 2.45) is 7.05 Å². The molecule has 5 rings (SSSR count). The lowest BCUT2D eigenvalue weighted by Crippen LogP contribution is -2.39. The fraction of sp³-hybridized carbons (Fsp3) is 0.217. The van der Waals surface area contributed by atoms with Crippen molar-refractivity contribution in [1.29, 1.82) is 0 Å². The zero-order valence-electron chi connectivity index (χ0n) is 18.0. The van der Waals surface area contributed by atoms with Gasteiger partial charge in [-0.1, -0.05) is 17.7 Å². The van der Waals surface area contributed by atoms with E-state index in [-0.39, 0.29) is 23.6 Å². The summed E-state index contributed by atoms with van der Waals surface area (Å²) < 4.78 is 20.8. The van der Waals surface area contributed by atoms with Crippen LogP contribution in [0.3, 0.4) is 0 Å². The van der Waals surface area contributed by atoms with Gasteiger partial charge in [0.2, 0.25) is 5.89 Å². The summed E-state index contributed by atoms with van der Waals surface area (Å²) in [6, 6.07) is 11.0. The zero-order chi connectivity index (χ0) is 23.1. The van der Waals surface area contributed by atoms with Crippen LogP contribution >= 0.6 is 11.6 Å². The van der Waals surface area contributed by atoms with Gasteiger partial charge in [-0.15, -0.1) is 10.2 Å². The lowest BCUT2D eigenvalue weighted by Gasteiger charge is -2.27. The fourth-order valence-electron chi connectivity index (χ4n) is 3.88. The number of hydrogen-bond acceptors (Lipinski definition) is 5. The highest BCUT2D eigenvalue weighted by Crippen LogP contribution is 2.31. The third kappa shape index (κ3) is 4.07. The van der Waals surface area contributed by atoms with Crippen LogP contribution in [0, 0.1) is 12.7 Å². The second-order valence-electron chi connectivity index (χ2n) is 7.90. The molecule has 0 aliphatic carbocycles. The maximum atomic E-state index is 13.2. The Bertz CT molecular complexity index is 1350. The number of nitrogens with one attached hydrogen (secondary N) is 1. The first kappa shape index (κ1) is 21.1. The molecule has 33 heavy (non-hydrogen) atoms. The quantitative estimate of drug-likeness (QED) is 0.467. The van der Waals surface area contributed by atoms with Crippen molar-refractivity contribution in [3.63, 3.8) is 0 Å². The van der Waals surface area contributed by atoms with Crippen LogP contribution in [-0.2, 0) is 20.0 Å². The molecule has 0 saturated carbocycles. The molecule has 0 unspecified atom stereocenters. The van der Waals surface area contributed by atoms with Gasteiger partial charge in [0.1, 0.15) is 5.82 Å². The van der Waals surface area contributed by atoms with Gasteiger partial charge in [0.05, 0.1) is 17.3 Å². The first-order valence-electron chi connectivity index (χ1n) is 10.4. The van der Waals surface area contributed by atoms with Gasteiger partial charge in [-0.05, 0) is 48.9 Å². The Morgan fingerprint density at radius 1 is 1.15 bits per heavy atom. The molecule has 0 radical (unpaired) electrons. The van der Waals surface area contributed by atoms with Crippen LogP contribution in [0.2, 0.25) is 5.02 Å². The van der Waals surface area contributed by atoms with Crippen LogP contribution in [0.5, 0.6) is 0 Å². The number of aryl methyl sites for hydroxylation is 2. The highest BCUT2D eigenvalue weighted by molar-refractivity contribution is 6.33. The number of carbonyl (C=O) groups excluding carboxylic acids is 1. The van der Waals surface area contributed by atoms with Crippen LogP contribution in [0.4, 0.5) is 14.9 Å². The van der Waals surface area contributed by atoms with Crippen molar-refractivity contribution in [2.75, 3.05) is 11.9 Å². The normalized spacial score (nSPS) is 13.2. The number of fused-ring (bicyclic) bond motifs is 1. The number of hydrogen-bond donors (Lipinski definition) is 1. The average molecular weight is 467 g/mol. The molecule has 0 bridgehead atoms. The summed E-state index contributed by atoms with van der Waals surface area (Å²) >= 11 is 6.27. The van der Waals surface area contributed by atoms with Crippen molar-refractivity contribution >= 4 is 23.3 Å². The van der Waals surface area contributed by atoms with Crippen molar-refractivity contribution in [2.45, 2.75) is 19.9 Å². The van der Waals surface area contributed by atoms with Gasteiger partial charge in [-0.2, -0.15) is 5.10 Å². The van der Waals surface area contributed by atoms with E-state index in [0.29, 0.717) is 41.5 Å². The predicted octanol–water partition coefficient (Wildman–Crippen LogP) is 4.83. The van der Waals surface area contributed by atoms with Gasteiger partial charge in [-0.3, -0.25) is 4.68 Å². The van der Waals surface area contributed by atoms with E-state index < -0.39 is 0 Å². The van der Waals surface area contributed by atoms with Gasteiger partial charge >= 0.3 is 6.03 Å². The topological polar surface area (TPSA) is 89.1 Å². The minimum Gasteiger partial charge on any atom is -0.415 e. The molecular formula is C23H20ClFN6O2. The SMILES string of the molecule is Cc1ccc(NC(=O)N2CCc3c(c(-c4nnc(-c5ccc(F)cc5)o4)nn3C)C2)c(Cl)c1. The minimum atomic E-state index is -0.345. The molecule has 2 aromatic heterocycles. The zero-order valence-corrected chi connectivity index (χ0v) is 18.7. The van der Waals surface area contributed by atoms with E-state index in [2.05, 4.69) is 20.6 Å². The molecule has 0 spiro atoms. The molecule has 0 saturated heterocycles. The Morgan fingerprint density at radius 3 is 2.67 bits per heavy atom. The molecule has 4 aromatic rings. The molecule has 1 N–H and O–H groups in total. The van der Waals surface area contributed by atoms with Crippen molar-refractivity contribution < 1.29 is 13.6 Å². The summed E-state index contributed by atoms with van der Waals surface area (Å²) in [6.07, 6.45) is 0.632. The Hall–Kier alpha value is -3.72. The highest BCUT2D eigenvalue weighted by Gasteiger charge is 2.29. The number of carbonyl (C=O) groups is 1. The molecule has 10 heteroatoms. The summed E-state index contributed by atoms with van der Waals surface area (Å²) in [7, 11) is 1.85. The van der Waals surface area contributed by atoms with Gasteiger partial charge in [0.15, 0.2) is 5.69 Å². The van der Waals surface area contributed by atoms with E-state index in [4.69, 9.17) is 16.0 Å². The third-order valence-corrected chi connectivity index (χ3v) is 5.93. The Labute approximate surface area is 194 Å². The lowest BCUT2D eigenvalue weighted by atomic mass is 10.1. The number of aromatic nitrogens is 4. The van der Waals surface area contributed by atoms with E-state index in [9.17, 15) is 9.18 Å². The van der Waals surface area contributed by atoms with Gasteiger partial charge in [0, 0.05) is 36.8 Å². The summed E-state index contributed by atoms with van der Waals surface area (Å²) in [5, 5.41) is 16.2. The average Bonchev–Trinajstić information content (AvgIpc) is 3.41. The first-order chi connectivity index (χ1) is 15.9. The number of amides is 2. The van der Waals surface area contributed by atoms with Crippen LogP contribution in [0.15, 0.2) is 46.9 Å². The number of halogens is 2. The van der Waals surface area contributed by atoms with E-state index in [1.807, 2.05) is 20.0 Å². The van der Waals surface area contributed by atoms with E-state index in [1.165, 1.54) is 12.1 Å². The standard InChI is InChI=1S/C23H20ClFN6O2/c1-13-3-8-18(17(24)11-13)26-23(32)31-10-9-19-16(12-31)20(29-30(19)2)22-28-27-21(33-22)14-4-6-15(25)7-5-14/h3-8,11H,9-10,12H2,1-2H3,(H,26,32). The van der Waals surface area contributed by atoms with Crippen LogP contribution in [-0.4, -0.2) is 37.5 Å². The molecule has 0 atom stereocenters. The van der Waals surface area contributed by atoms with Gasteiger partial charge in [0.25, 0.3) is 5.89 Å². The van der Waals surface area contributed by atoms with E-state index >= 15 is 0 Å². The Kier molecular flexibility index (Phi) is 5.33. The second-order valence-corrected chi connectivity index (χ2v) is 8.31. The number of urea groups is 1. The lowest BCUT2D eigenvalue weighted by molar-refractivity contribution is 0.206. The highest BCUT2D eigenvalue weighted by atomic mass is 35.5. The van der Waals surface area contributed by atoms with Crippen molar-refractivity contribution in [1.82, 2.24) is 24.9 Å². The maximum Gasteiger partial charge on any atom is 0.322 e. The molecule has 1 aliphatic heterocycles. The summed E-state index contributed by atoms with van der Waals surface area (Å²) in [6.45, 7) is 2.81. The maximum absolute atomic E-state index is 13.2. The number of rotatable bonds is 3. The number of benzene rings is 2. The van der Waals surface area contributed by atoms with Crippen molar-refractivity contribution in [3.8, 4) is 23.0 Å². The molecule has 0 fully saturated rings. The smallest absolute Gasteiger partial charge is 0.322 e. The van der Waals surface area contributed by atoms with E-state index in [0.717, 1.165) is 16.8 Å². The van der Waals surface area contributed by atoms with Crippen molar-refractivity contribution in [3.05, 3.63) is 70.1 Å². The number of anilines is 1. The monoisotopic (exact) mass is 466 g/mol. The van der Waals surface area contributed by atoms with Crippen LogP contribution in [0.25, 0.3) is 23.0 Å². The predicted molar refractivity (Wildman–Crippen MR) is 121 cm³/mol. The minimum absolute atomic E-state index is 0.245. The summed E-state index contributed by atoms with van der Waals surface area (Å²) in [4.78, 5) is 14.6. The van der Waals surface area contributed by atoms with Crippen LogP contribution in [0.1, 0.15) is 16.8 Å². The molecule has 2 amide bonds.